The molecule has 0 fully saturated rings. The summed E-state index contributed by atoms with van der Waals surface area (Å²) in [6.07, 6.45) is 1.92. The molecule has 0 radical (unpaired) electrons. The van der Waals surface area contributed by atoms with Crippen LogP contribution in [-0.2, 0) is 4.57 Å². The zero-order valence-electron chi connectivity index (χ0n) is 6.06. The van der Waals surface area contributed by atoms with Crippen LogP contribution in [0.4, 0.5) is 0 Å². The van der Waals surface area contributed by atoms with E-state index in [1.807, 2.05) is 6.08 Å². The quantitative estimate of drug-likeness (QED) is 0.401. The molecule has 0 heterocycles. The normalized spacial score (nSPS) is 10.2. The zero-order chi connectivity index (χ0) is 8.78. The molecule has 0 aromatic heterocycles. The van der Waals surface area contributed by atoms with Gasteiger partial charge in [0.15, 0.2) is 0 Å². The second-order valence-corrected chi connectivity index (χ2v) is 3.02. The van der Waals surface area contributed by atoms with E-state index >= 15 is 0 Å². The van der Waals surface area contributed by atoms with Crippen LogP contribution in [0.15, 0.2) is 12.7 Å². The van der Waals surface area contributed by atoms with Gasteiger partial charge in [-0.2, -0.15) is 0 Å². The van der Waals surface area contributed by atoms with Gasteiger partial charge in [0.05, 0.1) is 0 Å². The van der Waals surface area contributed by atoms with Crippen LogP contribution in [0.3, 0.4) is 0 Å². The lowest BCUT2D eigenvalue weighted by atomic mass is 10.2. The summed E-state index contributed by atoms with van der Waals surface area (Å²) < 4.78 is 8.88. The lowest BCUT2D eigenvalue weighted by molar-refractivity contribution is 0.275. The Balaban J connectivity index is 0. The molecule has 0 unspecified atom stereocenters. The van der Waals surface area contributed by atoms with Gasteiger partial charge in [-0.1, -0.05) is 19.9 Å². The van der Waals surface area contributed by atoms with Gasteiger partial charge in [-0.3, -0.25) is 0 Å². The molecule has 62 valence electrons. The molecule has 0 atom stereocenters. The molecule has 0 aromatic carbocycles. The largest absolute Gasteiger partial charge is 0.466 e. The predicted octanol–water partition coefficient (Wildman–Crippen LogP) is 0.900. The van der Waals surface area contributed by atoms with Crippen LogP contribution in [0.5, 0.6) is 0 Å². The highest BCUT2D eigenvalue weighted by Crippen LogP contribution is 2.25. The molecular weight excluding hydrogens is 155 g/mol. The Morgan fingerprint density at radius 3 is 1.50 bits per heavy atom. The molecule has 5 heteroatoms. The van der Waals surface area contributed by atoms with Crippen molar-refractivity contribution in [2.75, 3.05) is 0 Å². The standard InChI is InChI=1S/C5H10.H3O4P/c1-4-5(2)3;1-5(2,3)4/h4-5H,1H2,2-3H3;(H3,1,2,3,4). The summed E-state index contributed by atoms with van der Waals surface area (Å²) in [5, 5.41) is 0. The SMILES string of the molecule is C=CC(C)C.O=P(O)(O)O. The summed E-state index contributed by atoms with van der Waals surface area (Å²) in [5.41, 5.74) is 0. The fraction of sp³-hybridized carbons (Fsp3) is 0.600. The Morgan fingerprint density at radius 2 is 1.50 bits per heavy atom. The molecule has 0 aliphatic heterocycles. The second-order valence-electron chi connectivity index (χ2n) is 1.99. The Morgan fingerprint density at radius 1 is 1.40 bits per heavy atom. The fourth-order valence-electron chi connectivity index (χ4n) is 0. The van der Waals surface area contributed by atoms with Gasteiger partial charge in [0.1, 0.15) is 0 Å². The van der Waals surface area contributed by atoms with Crippen molar-refractivity contribution in [3.63, 3.8) is 0 Å². The van der Waals surface area contributed by atoms with Gasteiger partial charge < -0.3 is 14.7 Å². The van der Waals surface area contributed by atoms with E-state index in [1.54, 1.807) is 0 Å². The summed E-state index contributed by atoms with van der Waals surface area (Å²) in [6, 6.07) is 0. The predicted molar refractivity (Wildman–Crippen MR) is 39.3 cm³/mol. The minimum absolute atomic E-state index is 0.648. The molecule has 0 spiro atoms. The minimum Gasteiger partial charge on any atom is -0.303 e. The van der Waals surface area contributed by atoms with Crippen LogP contribution in [0.2, 0.25) is 0 Å². The van der Waals surface area contributed by atoms with E-state index in [0.29, 0.717) is 5.92 Å². The van der Waals surface area contributed by atoms with Crippen LogP contribution in [-0.4, -0.2) is 14.7 Å². The van der Waals surface area contributed by atoms with Crippen LogP contribution in [0, 0.1) is 5.92 Å². The molecule has 3 N–H and O–H groups in total. The summed E-state index contributed by atoms with van der Waals surface area (Å²) in [5.74, 6) is 0.648. The van der Waals surface area contributed by atoms with E-state index in [2.05, 4.69) is 20.4 Å². The highest BCUT2D eigenvalue weighted by Gasteiger charge is 2.00. The van der Waals surface area contributed by atoms with Crippen molar-refractivity contribution in [3.05, 3.63) is 12.7 Å². The first-order chi connectivity index (χ1) is 4.27. The van der Waals surface area contributed by atoms with E-state index in [1.165, 1.54) is 0 Å². The van der Waals surface area contributed by atoms with Gasteiger partial charge in [0, 0.05) is 0 Å². The summed E-state index contributed by atoms with van der Waals surface area (Å²) in [7, 11) is -4.64. The van der Waals surface area contributed by atoms with Crippen molar-refractivity contribution in [3.8, 4) is 0 Å². The van der Waals surface area contributed by atoms with Gasteiger partial charge >= 0.3 is 7.82 Å². The topological polar surface area (TPSA) is 77.8 Å². The van der Waals surface area contributed by atoms with E-state index < -0.39 is 7.82 Å². The number of hydrogen-bond donors (Lipinski definition) is 3. The number of rotatable bonds is 1. The Labute approximate surface area is 60.4 Å². The molecule has 4 nitrogen and oxygen atoms in total. The molecule has 0 aliphatic rings. The third kappa shape index (κ3) is 108. The molecule has 0 amide bonds. The molecular formula is C5H13O4P. The number of allylic oxidation sites excluding steroid dienone is 1. The lowest BCUT2D eigenvalue weighted by Crippen LogP contribution is -1.71. The van der Waals surface area contributed by atoms with Crippen molar-refractivity contribution >= 4 is 7.82 Å². The Kier molecular flexibility index (Phi) is 7.04. The molecule has 0 saturated heterocycles. The van der Waals surface area contributed by atoms with Gasteiger partial charge in [-0.25, -0.2) is 4.57 Å². The highest BCUT2D eigenvalue weighted by molar-refractivity contribution is 7.45. The average molecular weight is 168 g/mol. The summed E-state index contributed by atoms with van der Waals surface area (Å²) in [6.45, 7) is 7.77. The van der Waals surface area contributed by atoms with Gasteiger partial charge in [-0.05, 0) is 5.92 Å². The lowest BCUT2D eigenvalue weighted by Gasteiger charge is -1.84. The van der Waals surface area contributed by atoms with Crippen LogP contribution >= 0.6 is 7.82 Å². The molecule has 0 rings (SSSR count). The Bertz CT molecular complexity index is 117. The van der Waals surface area contributed by atoms with Crippen LogP contribution in [0.25, 0.3) is 0 Å². The molecule has 0 aliphatic carbocycles. The van der Waals surface area contributed by atoms with E-state index in [-0.39, 0.29) is 0 Å². The van der Waals surface area contributed by atoms with Crippen molar-refractivity contribution in [1.82, 2.24) is 0 Å². The number of phosphoric acid groups is 1. The molecule has 0 saturated carbocycles. The van der Waals surface area contributed by atoms with Crippen molar-refractivity contribution < 1.29 is 19.2 Å². The smallest absolute Gasteiger partial charge is 0.303 e. The first-order valence-corrected chi connectivity index (χ1v) is 4.24. The third-order valence-corrected chi connectivity index (χ3v) is 0.471. The number of hydrogen-bond acceptors (Lipinski definition) is 1. The molecule has 0 aromatic rings. The zero-order valence-corrected chi connectivity index (χ0v) is 6.95. The average Bonchev–Trinajstić information content (AvgIpc) is 1.61. The first-order valence-electron chi connectivity index (χ1n) is 2.68. The van der Waals surface area contributed by atoms with Crippen molar-refractivity contribution in [1.29, 1.82) is 0 Å². The maximum Gasteiger partial charge on any atom is 0.466 e. The van der Waals surface area contributed by atoms with E-state index in [9.17, 15) is 0 Å². The van der Waals surface area contributed by atoms with Crippen molar-refractivity contribution in [2.24, 2.45) is 5.92 Å². The minimum atomic E-state index is -4.64. The van der Waals surface area contributed by atoms with Gasteiger partial charge in [-0.15, -0.1) is 6.58 Å². The van der Waals surface area contributed by atoms with Gasteiger partial charge in [0.25, 0.3) is 0 Å². The fourth-order valence-corrected chi connectivity index (χ4v) is 0. The second kappa shape index (κ2) is 5.62. The summed E-state index contributed by atoms with van der Waals surface area (Å²) in [4.78, 5) is 21.6. The molecule has 10 heavy (non-hydrogen) atoms. The van der Waals surface area contributed by atoms with Gasteiger partial charge in [0.2, 0.25) is 0 Å². The van der Waals surface area contributed by atoms with E-state index in [4.69, 9.17) is 19.2 Å². The molecule has 0 bridgehead atoms. The third-order valence-electron chi connectivity index (χ3n) is 0.471. The monoisotopic (exact) mass is 168 g/mol. The van der Waals surface area contributed by atoms with Crippen molar-refractivity contribution in [2.45, 2.75) is 13.8 Å². The maximum absolute atomic E-state index is 8.88. The maximum atomic E-state index is 8.88. The Hall–Kier alpha value is -0.150. The van der Waals surface area contributed by atoms with E-state index in [0.717, 1.165) is 0 Å². The first kappa shape index (κ1) is 12.5. The van der Waals surface area contributed by atoms with Crippen LogP contribution in [0.1, 0.15) is 13.8 Å². The highest BCUT2D eigenvalue weighted by atomic mass is 31.2. The van der Waals surface area contributed by atoms with Crippen LogP contribution < -0.4 is 0 Å². The summed E-state index contributed by atoms with van der Waals surface area (Å²) >= 11 is 0.